The highest BCUT2D eigenvalue weighted by molar-refractivity contribution is 5.93. The molecule has 0 saturated heterocycles. The average Bonchev–Trinajstić information content (AvgIpc) is 2.80. The first-order valence-electron chi connectivity index (χ1n) is 5.73. The first-order chi connectivity index (χ1) is 9.56. The predicted octanol–water partition coefficient (Wildman–Crippen LogP) is 3.21. The van der Waals surface area contributed by atoms with Crippen molar-refractivity contribution in [1.29, 1.82) is 0 Å². The van der Waals surface area contributed by atoms with Gasteiger partial charge in [-0.2, -0.15) is 0 Å². The molecule has 3 rings (SSSR count). The van der Waals surface area contributed by atoms with Crippen LogP contribution in [0.1, 0.15) is 10.4 Å². The lowest BCUT2D eigenvalue weighted by Crippen LogP contribution is -1.94. The molecule has 0 saturated carbocycles. The van der Waals surface area contributed by atoms with Gasteiger partial charge >= 0.3 is 5.97 Å². The van der Waals surface area contributed by atoms with Gasteiger partial charge in [0.05, 0.1) is 22.2 Å². The van der Waals surface area contributed by atoms with Crippen molar-refractivity contribution in [3.8, 4) is 11.4 Å². The van der Waals surface area contributed by atoms with Crippen LogP contribution in [0.15, 0.2) is 36.4 Å². The standard InChI is InChI=1S/C14H8F2N2O2/c15-8-2-1-3-9(16)12(8)13-17-10-5-4-7(14(19)20)6-11(10)18-13/h1-6H,(H,17,18)(H,19,20). The molecule has 1 aromatic heterocycles. The first-order valence-corrected chi connectivity index (χ1v) is 5.73. The second-order valence-electron chi connectivity index (χ2n) is 4.22. The number of H-pyrrole nitrogens is 1. The quantitative estimate of drug-likeness (QED) is 0.754. The number of aromatic carboxylic acids is 1. The van der Waals surface area contributed by atoms with Crippen molar-refractivity contribution in [1.82, 2.24) is 9.97 Å². The topological polar surface area (TPSA) is 66.0 Å². The number of nitrogens with one attached hydrogen (secondary N) is 1. The van der Waals surface area contributed by atoms with Gasteiger partial charge in [0.1, 0.15) is 17.5 Å². The van der Waals surface area contributed by atoms with Crippen molar-refractivity contribution < 1.29 is 18.7 Å². The second kappa shape index (κ2) is 4.41. The van der Waals surface area contributed by atoms with Crippen LogP contribution < -0.4 is 0 Å². The molecule has 1 heterocycles. The van der Waals surface area contributed by atoms with E-state index in [9.17, 15) is 13.6 Å². The zero-order valence-corrected chi connectivity index (χ0v) is 10.0. The van der Waals surface area contributed by atoms with Crippen molar-refractivity contribution >= 4 is 17.0 Å². The summed E-state index contributed by atoms with van der Waals surface area (Å²) < 4.78 is 27.4. The number of carbonyl (C=O) groups is 1. The molecule has 0 aliphatic rings. The molecule has 0 bridgehead atoms. The Morgan fingerprint density at radius 1 is 1.15 bits per heavy atom. The van der Waals surface area contributed by atoms with Gasteiger partial charge < -0.3 is 10.1 Å². The molecular formula is C14H8F2N2O2. The van der Waals surface area contributed by atoms with Gasteiger partial charge in [0.15, 0.2) is 0 Å². The third-order valence-electron chi connectivity index (χ3n) is 2.93. The molecule has 0 unspecified atom stereocenters. The lowest BCUT2D eigenvalue weighted by atomic mass is 10.2. The molecule has 0 radical (unpaired) electrons. The second-order valence-corrected chi connectivity index (χ2v) is 4.22. The van der Waals surface area contributed by atoms with E-state index in [0.717, 1.165) is 12.1 Å². The van der Waals surface area contributed by atoms with Crippen LogP contribution in [0.2, 0.25) is 0 Å². The monoisotopic (exact) mass is 274 g/mol. The molecule has 0 fully saturated rings. The number of carboxylic acids is 1. The van der Waals surface area contributed by atoms with Crippen molar-refractivity contribution in [3.63, 3.8) is 0 Å². The molecule has 4 nitrogen and oxygen atoms in total. The molecule has 0 atom stereocenters. The van der Waals surface area contributed by atoms with Crippen LogP contribution in [0.4, 0.5) is 8.78 Å². The number of hydrogen-bond acceptors (Lipinski definition) is 2. The van der Waals surface area contributed by atoms with Gasteiger partial charge in [-0.15, -0.1) is 0 Å². The highest BCUT2D eigenvalue weighted by Gasteiger charge is 2.15. The van der Waals surface area contributed by atoms with E-state index in [1.807, 2.05) is 0 Å². The fraction of sp³-hybridized carbons (Fsp3) is 0. The summed E-state index contributed by atoms with van der Waals surface area (Å²) in [6.45, 7) is 0. The minimum Gasteiger partial charge on any atom is -0.478 e. The molecule has 0 aliphatic heterocycles. The zero-order valence-electron chi connectivity index (χ0n) is 10.0. The Hall–Kier alpha value is -2.76. The van der Waals surface area contributed by atoms with E-state index >= 15 is 0 Å². The minimum absolute atomic E-state index is 0.0261. The number of hydrogen-bond donors (Lipinski definition) is 2. The van der Waals surface area contributed by atoms with Crippen LogP contribution in [0.5, 0.6) is 0 Å². The summed E-state index contributed by atoms with van der Waals surface area (Å²) >= 11 is 0. The van der Waals surface area contributed by atoms with Crippen LogP contribution in [-0.2, 0) is 0 Å². The molecule has 0 spiro atoms. The number of halogens is 2. The van der Waals surface area contributed by atoms with Crippen LogP contribution in [0, 0.1) is 11.6 Å². The molecule has 2 aromatic carbocycles. The third-order valence-corrected chi connectivity index (χ3v) is 2.93. The van der Waals surface area contributed by atoms with E-state index in [1.54, 1.807) is 0 Å². The third kappa shape index (κ3) is 1.91. The van der Waals surface area contributed by atoms with Crippen LogP contribution in [-0.4, -0.2) is 21.0 Å². The highest BCUT2D eigenvalue weighted by atomic mass is 19.1. The highest BCUT2D eigenvalue weighted by Crippen LogP contribution is 2.26. The number of nitrogens with zero attached hydrogens (tertiary/aromatic N) is 1. The van der Waals surface area contributed by atoms with Crippen molar-refractivity contribution in [2.24, 2.45) is 0 Å². The van der Waals surface area contributed by atoms with Gasteiger partial charge in [-0.25, -0.2) is 18.6 Å². The Labute approximate surface area is 111 Å². The van der Waals surface area contributed by atoms with Crippen LogP contribution >= 0.6 is 0 Å². The number of rotatable bonds is 2. The largest absolute Gasteiger partial charge is 0.478 e. The average molecular weight is 274 g/mol. The molecule has 100 valence electrons. The van der Waals surface area contributed by atoms with Crippen LogP contribution in [0.25, 0.3) is 22.4 Å². The lowest BCUT2D eigenvalue weighted by Gasteiger charge is -2.00. The van der Waals surface area contributed by atoms with Gasteiger partial charge in [0.2, 0.25) is 0 Å². The van der Waals surface area contributed by atoms with Gasteiger partial charge in [0.25, 0.3) is 0 Å². The predicted molar refractivity (Wildman–Crippen MR) is 68.4 cm³/mol. The minimum atomic E-state index is -1.08. The van der Waals surface area contributed by atoms with Crippen LogP contribution in [0.3, 0.4) is 0 Å². The summed E-state index contributed by atoms with van der Waals surface area (Å²) in [6.07, 6.45) is 0. The summed E-state index contributed by atoms with van der Waals surface area (Å²) in [5, 5.41) is 8.90. The van der Waals surface area contributed by atoms with Gasteiger partial charge in [-0.1, -0.05) is 6.07 Å². The summed E-state index contributed by atoms with van der Waals surface area (Å²) in [5.74, 6) is -2.52. The number of carboxylic acid groups (broad SMARTS) is 1. The van der Waals surface area contributed by atoms with Crippen molar-refractivity contribution in [3.05, 3.63) is 53.6 Å². The Morgan fingerprint density at radius 3 is 2.50 bits per heavy atom. The van der Waals surface area contributed by atoms with Gasteiger partial charge in [-0.05, 0) is 30.3 Å². The Balaban J connectivity index is 2.21. The molecule has 2 N–H and O–H groups in total. The van der Waals surface area contributed by atoms with E-state index in [1.165, 1.54) is 24.3 Å². The van der Waals surface area contributed by atoms with E-state index in [0.29, 0.717) is 11.0 Å². The summed E-state index contributed by atoms with van der Waals surface area (Å²) in [6, 6.07) is 7.76. The lowest BCUT2D eigenvalue weighted by molar-refractivity contribution is 0.0697. The summed E-state index contributed by atoms with van der Waals surface area (Å²) in [4.78, 5) is 17.7. The normalized spacial score (nSPS) is 10.9. The van der Waals surface area contributed by atoms with E-state index in [2.05, 4.69) is 9.97 Å². The number of imidazole rings is 1. The van der Waals surface area contributed by atoms with E-state index in [4.69, 9.17) is 5.11 Å². The summed E-state index contributed by atoms with van der Waals surface area (Å²) in [7, 11) is 0. The zero-order chi connectivity index (χ0) is 14.3. The Kier molecular flexibility index (Phi) is 2.71. The molecule has 0 aliphatic carbocycles. The molecule has 6 heteroatoms. The molecule has 20 heavy (non-hydrogen) atoms. The smallest absolute Gasteiger partial charge is 0.335 e. The van der Waals surface area contributed by atoms with E-state index < -0.39 is 17.6 Å². The van der Waals surface area contributed by atoms with Gasteiger partial charge in [-0.3, -0.25) is 0 Å². The number of benzene rings is 2. The van der Waals surface area contributed by atoms with E-state index in [-0.39, 0.29) is 17.0 Å². The fourth-order valence-corrected chi connectivity index (χ4v) is 1.99. The number of aromatic amines is 1. The maximum Gasteiger partial charge on any atom is 0.335 e. The van der Waals surface area contributed by atoms with Gasteiger partial charge in [0, 0.05) is 0 Å². The van der Waals surface area contributed by atoms with Crippen molar-refractivity contribution in [2.75, 3.05) is 0 Å². The fourth-order valence-electron chi connectivity index (χ4n) is 1.99. The molecule has 0 amide bonds. The Bertz CT molecular complexity index is 807. The molecular weight excluding hydrogens is 266 g/mol. The van der Waals surface area contributed by atoms with Crippen molar-refractivity contribution in [2.45, 2.75) is 0 Å². The maximum atomic E-state index is 13.7. The number of aromatic nitrogens is 2. The molecule has 3 aromatic rings. The first kappa shape index (κ1) is 12.3. The maximum absolute atomic E-state index is 13.7. The summed E-state index contributed by atoms with van der Waals surface area (Å²) in [5.41, 5.74) is 0.650. The number of fused-ring (bicyclic) bond motifs is 1. The SMILES string of the molecule is O=C(O)c1ccc2nc(-c3c(F)cccc3F)[nH]c2c1. The Morgan fingerprint density at radius 2 is 1.85 bits per heavy atom.